The molecule has 1 fully saturated rings. The molecule has 0 amide bonds. The number of methoxy groups -OCH3 is 1. The molecule has 6 nitrogen and oxygen atoms in total. The number of nitrogens with two attached hydrogens (primary N) is 1. The van der Waals surface area contributed by atoms with Crippen LogP contribution in [-0.4, -0.2) is 30.9 Å². The Hall–Kier alpha value is -1.92. The van der Waals surface area contributed by atoms with Gasteiger partial charge in [-0.15, -0.1) is 0 Å². The highest BCUT2D eigenvalue weighted by Gasteiger charge is 2.50. The van der Waals surface area contributed by atoms with Crippen LogP contribution >= 0.6 is 0 Å². The molecule has 1 aliphatic rings. The molecule has 1 saturated heterocycles. The Kier molecular flexibility index (Phi) is 3.82. The second-order valence-corrected chi connectivity index (χ2v) is 4.37. The summed E-state index contributed by atoms with van der Waals surface area (Å²) in [6.45, 7) is 0.565. The lowest BCUT2D eigenvalue weighted by molar-refractivity contribution is -0.149. The minimum absolute atomic E-state index is 0.338. The first-order valence-corrected chi connectivity index (χ1v) is 5.99. The number of ether oxygens (including phenoxy) is 1. The highest BCUT2D eigenvalue weighted by molar-refractivity contribution is 6.17. The number of para-hydroxylation sites is 1. The minimum atomic E-state index is -1.40. The Bertz CT molecular complexity index is 495. The van der Waals surface area contributed by atoms with Gasteiger partial charge in [-0.3, -0.25) is 10.1 Å². The lowest BCUT2D eigenvalue weighted by atomic mass is 9.87. The van der Waals surface area contributed by atoms with Crippen molar-refractivity contribution in [1.82, 2.24) is 5.32 Å². The van der Waals surface area contributed by atoms with Crippen LogP contribution in [0.3, 0.4) is 0 Å². The second-order valence-electron chi connectivity index (χ2n) is 4.37. The van der Waals surface area contributed by atoms with Gasteiger partial charge in [0.1, 0.15) is 5.75 Å². The van der Waals surface area contributed by atoms with E-state index in [0.717, 1.165) is 0 Å². The summed E-state index contributed by atoms with van der Waals surface area (Å²) in [6.07, 6.45) is 1.07. The number of carbonyl (C=O) groups excluding carboxylic acids is 2. The van der Waals surface area contributed by atoms with E-state index in [2.05, 4.69) is 10.2 Å². The number of ketones is 1. The van der Waals surface area contributed by atoms with Gasteiger partial charge in [0.25, 0.3) is 0 Å². The predicted octanol–water partition coefficient (Wildman–Crippen LogP) is 0.417. The van der Waals surface area contributed by atoms with Crippen molar-refractivity contribution in [3.8, 4) is 5.75 Å². The van der Waals surface area contributed by atoms with E-state index in [1.165, 1.54) is 7.11 Å². The molecule has 1 aliphatic heterocycles. The van der Waals surface area contributed by atoms with E-state index in [9.17, 15) is 9.59 Å². The number of hydrogen-bond acceptors (Lipinski definition) is 6. The van der Waals surface area contributed by atoms with Crippen LogP contribution in [0.2, 0.25) is 0 Å². The largest absolute Gasteiger partial charge is 0.496 e. The van der Waals surface area contributed by atoms with Gasteiger partial charge in [0.15, 0.2) is 11.3 Å². The first-order valence-electron chi connectivity index (χ1n) is 5.99. The van der Waals surface area contributed by atoms with E-state index in [1.807, 2.05) is 0 Å². The average molecular weight is 264 g/mol. The molecule has 0 bridgehead atoms. The standard InChI is InChI=1S/C13H16N2O4/c1-18-10-6-3-2-5-9(10)11(16)13(12(17)19-14)7-4-8-15-13/h2-3,5-6,15H,4,7-8,14H2,1H3/t13-/m1/s1. The van der Waals surface area contributed by atoms with Crippen LogP contribution in [0.4, 0.5) is 0 Å². The van der Waals surface area contributed by atoms with Gasteiger partial charge >= 0.3 is 5.97 Å². The molecule has 3 N–H and O–H groups in total. The topological polar surface area (TPSA) is 90.7 Å². The second kappa shape index (κ2) is 5.38. The molecule has 0 aromatic heterocycles. The van der Waals surface area contributed by atoms with E-state index in [1.54, 1.807) is 24.3 Å². The molecule has 1 aromatic rings. The Morgan fingerprint density at radius 1 is 1.37 bits per heavy atom. The number of carbonyl (C=O) groups is 2. The summed E-state index contributed by atoms with van der Waals surface area (Å²) in [7, 11) is 1.47. The number of rotatable bonds is 4. The summed E-state index contributed by atoms with van der Waals surface area (Å²) in [4.78, 5) is 28.8. The van der Waals surface area contributed by atoms with Crippen molar-refractivity contribution < 1.29 is 19.2 Å². The monoisotopic (exact) mass is 264 g/mol. The SMILES string of the molecule is COc1ccccc1C(=O)[C@@]1(C(=O)ON)CCCN1. The maximum atomic E-state index is 12.7. The quantitative estimate of drug-likeness (QED) is 0.465. The molecule has 102 valence electrons. The molecule has 0 saturated carbocycles. The normalized spacial score (nSPS) is 22.0. The molecular formula is C13H16N2O4. The van der Waals surface area contributed by atoms with Gasteiger partial charge in [-0.1, -0.05) is 12.1 Å². The van der Waals surface area contributed by atoms with Gasteiger partial charge < -0.3 is 9.57 Å². The van der Waals surface area contributed by atoms with E-state index < -0.39 is 11.5 Å². The van der Waals surface area contributed by atoms with Crippen molar-refractivity contribution in [2.24, 2.45) is 5.90 Å². The molecule has 1 atom stereocenters. The summed E-state index contributed by atoms with van der Waals surface area (Å²) < 4.78 is 5.15. The molecule has 0 radical (unpaired) electrons. The van der Waals surface area contributed by atoms with Gasteiger partial charge in [-0.25, -0.2) is 4.79 Å². The summed E-state index contributed by atoms with van der Waals surface area (Å²) in [5.74, 6) is 4.23. The first-order chi connectivity index (χ1) is 9.15. The Balaban J connectivity index is 2.43. The molecule has 19 heavy (non-hydrogen) atoms. The van der Waals surface area contributed by atoms with Gasteiger partial charge in [-0.2, -0.15) is 5.90 Å². The van der Waals surface area contributed by atoms with Crippen LogP contribution in [0.25, 0.3) is 0 Å². The number of Topliss-reactive ketones (excluding diaryl/α,β-unsaturated/α-hetero) is 1. The maximum Gasteiger partial charge on any atom is 0.352 e. The van der Waals surface area contributed by atoms with Gasteiger partial charge in [0.05, 0.1) is 12.7 Å². The molecule has 0 unspecified atom stereocenters. The Labute approximate surface area is 110 Å². The summed E-state index contributed by atoms with van der Waals surface area (Å²) >= 11 is 0. The zero-order valence-electron chi connectivity index (χ0n) is 10.6. The highest BCUT2D eigenvalue weighted by atomic mass is 16.7. The van der Waals surface area contributed by atoms with Gasteiger partial charge in [0.2, 0.25) is 0 Å². The molecule has 1 heterocycles. The number of benzene rings is 1. The van der Waals surface area contributed by atoms with Gasteiger partial charge in [-0.05, 0) is 31.5 Å². The number of hydrogen-bond donors (Lipinski definition) is 2. The third-order valence-corrected chi connectivity index (χ3v) is 3.35. The Morgan fingerprint density at radius 2 is 2.11 bits per heavy atom. The van der Waals surface area contributed by atoms with Crippen molar-refractivity contribution in [1.29, 1.82) is 0 Å². The van der Waals surface area contributed by atoms with Crippen molar-refractivity contribution in [3.05, 3.63) is 29.8 Å². The molecule has 1 aromatic carbocycles. The third kappa shape index (κ3) is 2.20. The van der Waals surface area contributed by atoms with E-state index in [4.69, 9.17) is 10.6 Å². The maximum absolute atomic E-state index is 12.7. The average Bonchev–Trinajstić information content (AvgIpc) is 2.96. The number of nitrogens with one attached hydrogen (secondary N) is 1. The fourth-order valence-corrected chi connectivity index (χ4v) is 2.37. The van der Waals surface area contributed by atoms with Crippen molar-refractivity contribution >= 4 is 11.8 Å². The molecule has 0 spiro atoms. The van der Waals surface area contributed by atoms with E-state index in [0.29, 0.717) is 30.7 Å². The molecular weight excluding hydrogens is 248 g/mol. The summed E-state index contributed by atoms with van der Waals surface area (Å²) in [6, 6.07) is 6.76. The van der Waals surface area contributed by atoms with Crippen LogP contribution in [-0.2, 0) is 9.63 Å². The highest BCUT2D eigenvalue weighted by Crippen LogP contribution is 2.29. The first kappa shape index (κ1) is 13.5. The Morgan fingerprint density at radius 3 is 2.68 bits per heavy atom. The molecule has 2 rings (SSSR count). The lowest BCUT2D eigenvalue weighted by Gasteiger charge is -2.24. The molecule has 6 heteroatoms. The van der Waals surface area contributed by atoms with Crippen molar-refractivity contribution in [2.75, 3.05) is 13.7 Å². The lowest BCUT2D eigenvalue weighted by Crippen LogP contribution is -2.55. The van der Waals surface area contributed by atoms with Crippen molar-refractivity contribution in [2.45, 2.75) is 18.4 Å². The van der Waals surface area contributed by atoms with Crippen LogP contribution in [0, 0.1) is 0 Å². The summed E-state index contributed by atoms with van der Waals surface area (Å²) in [5, 5.41) is 2.91. The summed E-state index contributed by atoms with van der Waals surface area (Å²) in [5.41, 5.74) is -1.06. The van der Waals surface area contributed by atoms with Crippen LogP contribution in [0.1, 0.15) is 23.2 Å². The van der Waals surface area contributed by atoms with Gasteiger partial charge in [0, 0.05) is 0 Å². The zero-order valence-corrected chi connectivity index (χ0v) is 10.6. The fraction of sp³-hybridized carbons (Fsp3) is 0.385. The smallest absolute Gasteiger partial charge is 0.352 e. The zero-order chi connectivity index (χ0) is 13.9. The van der Waals surface area contributed by atoms with E-state index in [-0.39, 0.29) is 5.78 Å². The van der Waals surface area contributed by atoms with E-state index >= 15 is 0 Å². The molecule has 0 aliphatic carbocycles. The van der Waals surface area contributed by atoms with Crippen LogP contribution < -0.4 is 16.0 Å². The van der Waals surface area contributed by atoms with Crippen LogP contribution in [0.15, 0.2) is 24.3 Å². The van der Waals surface area contributed by atoms with Crippen molar-refractivity contribution in [3.63, 3.8) is 0 Å². The minimum Gasteiger partial charge on any atom is -0.496 e. The van der Waals surface area contributed by atoms with Crippen LogP contribution in [0.5, 0.6) is 5.75 Å². The third-order valence-electron chi connectivity index (χ3n) is 3.35. The fourth-order valence-electron chi connectivity index (χ4n) is 2.37. The predicted molar refractivity (Wildman–Crippen MR) is 67.6 cm³/mol.